The smallest absolute Gasteiger partial charge is 0.164 e. The first-order valence-corrected chi connectivity index (χ1v) is 4.78. The van der Waals surface area contributed by atoms with Crippen molar-refractivity contribution in [1.82, 2.24) is 0 Å². The van der Waals surface area contributed by atoms with Crippen LogP contribution in [-0.4, -0.2) is 18.0 Å². The van der Waals surface area contributed by atoms with E-state index in [0.717, 1.165) is 12.8 Å². The largest absolute Gasteiger partial charge is 0.368 e. The fourth-order valence-corrected chi connectivity index (χ4v) is 1.08. The summed E-state index contributed by atoms with van der Waals surface area (Å²) in [6.45, 7) is 8.48. The van der Waals surface area contributed by atoms with Crippen molar-refractivity contribution in [2.45, 2.75) is 52.6 Å². The molecule has 0 amide bonds. The van der Waals surface area contributed by atoms with Crippen LogP contribution in [0.3, 0.4) is 0 Å². The summed E-state index contributed by atoms with van der Waals surface area (Å²) in [4.78, 5) is 11.4. The normalized spacial score (nSPS) is 15.7. The first kappa shape index (κ1) is 11.6. The SMILES string of the molecule is CCCOC(C)(CC)C(=O)CC. The molecule has 0 saturated carbocycles. The van der Waals surface area contributed by atoms with Crippen LogP contribution in [0.2, 0.25) is 0 Å². The third kappa shape index (κ3) is 2.94. The quantitative estimate of drug-likeness (QED) is 0.615. The van der Waals surface area contributed by atoms with Crippen LogP contribution in [0.25, 0.3) is 0 Å². The van der Waals surface area contributed by atoms with Crippen molar-refractivity contribution in [3.05, 3.63) is 0 Å². The van der Waals surface area contributed by atoms with Gasteiger partial charge in [-0.1, -0.05) is 20.8 Å². The molecule has 0 aromatic rings. The minimum Gasteiger partial charge on any atom is -0.368 e. The van der Waals surface area contributed by atoms with E-state index >= 15 is 0 Å². The van der Waals surface area contributed by atoms with Gasteiger partial charge in [-0.25, -0.2) is 0 Å². The van der Waals surface area contributed by atoms with Crippen LogP contribution in [-0.2, 0) is 9.53 Å². The standard InChI is InChI=1S/C10H20O2/c1-5-8-12-10(4,7-3)9(11)6-2/h5-8H2,1-4H3. The van der Waals surface area contributed by atoms with Gasteiger partial charge in [0.05, 0.1) is 0 Å². The lowest BCUT2D eigenvalue weighted by Crippen LogP contribution is -2.37. The van der Waals surface area contributed by atoms with E-state index in [1.807, 2.05) is 27.7 Å². The van der Waals surface area contributed by atoms with E-state index in [0.29, 0.717) is 13.0 Å². The molecule has 0 aromatic heterocycles. The van der Waals surface area contributed by atoms with E-state index in [-0.39, 0.29) is 5.78 Å². The molecule has 0 radical (unpaired) electrons. The van der Waals surface area contributed by atoms with Crippen molar-refractivity contribution in [3.63, 3.8) is 0 Å². The van der Waals surface area contributed by atoms with E-state index in [4.69, 9.17) is 4.74 Å². The number of carbonyl (C=O) groups excluding carboxylic acids is 1. The lowest BCUT2D eigenvalue weighted by Gasteiger charge is -2.26. The second-order valence-corrected chi connectivity index (χ2v) is 3.21. The van der Waals surface area contributed by atoms with Gasteiger partial charge in [-0.05, 0) is 19.8 Å². The second kappa shape index (κ2) is 5.31. The lowest BCUT2D eigenvalue weighted by molar-refractivity contribution is -0.142. The maximum atomic E-state index is 11.4. The van der Waals surface area contributed by atoms with Gasteiger partial charge in [0, 0.05) is 13.0 Å². The van der Waals surface area contributed by atoms with Crippen LogP contribution >= 0.6 is 0 Å². The molecular weight excluding hydrogens is 152 g/mol. The fraction of sp³-hybridized carbons (Fsp3) is 0.900. The number of rotatable bonds is 6. The van der Waals surface area contributed by atoms with Gasteiger partial charge in [-0.2, -0.15) is 0 Å². The summed E-state index contributed by atoms with van der Waals surface area (Å²) in [6.07, 6.45) is 2.29. The number of ether oxygens (including phenoxy) is 1. The molecule has 2 heteroatoms. The first-order valence-electron chi connectivity index (χ1n) is 4.78. The summed E-state index contributed by atoms with van der Waals surface area (Å²) in [7, 11) is 0. The van der Waals surface area contributed by atoms with Gasteiger partial charge < -0.3 is 4.74 Å². The van der Waals surface area contributed by atoms with Crippen molar-refractivity contribution in [2.75, 3.05) is 6.61 Å². The van der Waals surface area contributed by atoms with Crippen LogP contribution in [0.5, 0.6) is 0 Å². The molecule has 1 unspecified atom stereocenters. The second-order valence-electron chi connectivity index (χ2n) is 3.21. The summed E-state index contributed by atoms with van der Waals surface area (Å²) >= 11 is 0. The molecule has 2 nitrogen and oxygen atoms in total. The minimum atomic E-state index is -0.537. The molecule has 0 spiro atoms. The zero-order chi connectivity index (χ0) is 9.61. The van der Waals surface area contributed by atoms with Gasteiger partial charge >= 0.3 is 0 Å². The van der Waals surface area contributed by atoms with Crippen LogP contribution in [0.1, 0.15) is 47.0 Å². The zero-order valence-electron chi connectivity index (χ0n) is 8.64. The summed E-state index contributed by atoms with van der Waals surface area (Å²) in [6, 6.07) is 0. The Bertz CT molecular complexity index is 143. The minimum absolute atomic E-state index is 0.207. The van der Waals surface area contributed by atoms with Crippen molar-refractivity contribution in [1.29, 1.82) is 0 Å². The molecule has 0 aromatic carbocycles. The average molecular weight is 172 g/mol. The topological polar surface area (TPSA) is 26.3 Å². The maximum absolute atomic E-state index is 11.4. The number of Topliss-reactive ketones (excluding diaryl/α,β-unsaturated/α-hetero) is 1. The van der Waals surface area contributed by atoms with Gasteiger partial charge in [0.1, 0.15) is 5.60 Å². The van der Waals surface area contributed by atoms with Gasteiger partial charge in [-0.3, -0.25) is 4.79 Å². The molecule has 0 aliphatic rings. The van der Waals surface area contributed by atoms with Gasteiger partial charge in [0.2, 0.25) is 0 Å². The number of hydrogen-bond donors (Lipinski definition) is 0. The van der Waals surface area contributed by atoms with Crippen LogP contribution in [0.4, 0.5) is 0 Å². The van der Waals surface area contributed by atoms with Crippen molar-refractivity contribution in [3.8, 4) is 0 Å². The Morgan fingerprint density at radius 2 is 1.92 bits per heavy atom. The molecule has 0 aliphatic heterocycles. The number of carbonyl (C=O) groups is 1. The van der Waals surface area contributed by atoms with E-state index < -0.39 is 5.60 Å². The Hall–Kier alpha value is -0.370. The number of ketones is 1. The molecule has 0 saturated heterocycles. The third-order valence-corrected chi connectivity index (χ3v) is 2.21. The molecule has 0 fully saturated rings. The van der Waals surface area contributed by atoms with Crippen LogP contribution in [0.15, 0.2) is 0 Å². The van der Waals surface area contributed by atoms with Gasteiger partial charge in [0.15, 0.2) is 5.78 Å². The fourth-order valence-electron chi connectivity index (χ4n) is 1.08. The van der Waals surface area contributed by atoms with Crippen molar-refractivity contribution >= 4 is 5.78 Å². The summed E-state index contributed by atoms with van der Waals surface area (Å²) in [5, 5.41) is 0. The Morgan fingerprint density at radius 1 is 1.33 bits per heavy atom. The molecule has 0 rings (SSSR count). The average Bonchev–Trinajstić information content (AvgIpc) is 2.12. The lowest BCUT2D eigenvalue weighted by atomic mass is 9.95. The van der Waals surface area contributed by atoms with E-state index in [9.17, 15) is 4.79 Å². The molecule has 0 aliphatic carbocycles. The number of hydrogen-bond acceptors (Lipinski definition) is 2. The van der Waals surface area contributed by atoms with E-state index in [1.54, 1.807) is 0 Å². The highest BCUT2D eigenvalue weighted by atomic mass is 16.5. The summed E-state index contributed by atoms with van der Waals surface area (Å²) in [5.41, 5.74) is -0.537. The third-order valence-electron chi connectivity index (χ3n) is 2.21. The van der Waals surface area contributed by atoms with Crippen LogP contribution < -0.4 is 0 Å². The van der Waals surface area contributed by atoms with Crippen LogP contribution in [0, 0.1) is 0 Å². The zero-order valence-corrected chi connectivity index (χ0v) is 8.64. The first-order chi connectivity index (χ1) is 5.60. The Labute approximate surface area is 75.3 Å². The Morgan fingerprint density at radius 3 is 2.25 bits per heavy atom. The summed E-state index contributed by atoms with van der Waals surface area (Å²) in [5.74, 6) is 0.207. The molecular formula is C10H20O2. The maximum Gasteiger partial charge on any atom is 0.164 e. The molecule has 72 valence electrons. The molecule has 0 bridgehead atoms. The summed E-state index contributed by atoms with van der Waals surface area (Å²) < 4.78 is 5.53. The van der Waals surface area contributed by atoms with Crippen molar-refractivity contribution < 1.29 is 9.53 Å². The Kier molecular flexibility index (Phi) is 5.14. The highest BCUT2D eigenvalue weighted by molar-refractivity contribution is 5.86. The van der Waals surface area contributed by atoms with Gasteiger partial charge in [0.25, 0.3) is 0 Å². The predicted octanol–water partition coefficient (Wildman–Crippen LogP) is 2.56. The molecule has 0 N–H and O–H groups in total. The monoisotopic (exact) mass is 172 g/mol. The van der Waals surface area contributed by atoms with E-state index in [2.05, 4.69) is 0 Å². The molecule has 1 atom stereocenters. The van der Waals surface area contributed by atoms with Gasteiger partial charge in [-0.15, -0.1) is 0 Å². The highest BCUT2D eigenvalue weighted by Gasteiger charge is 2.29. The highest BCUT2D eigenvalue weighted by Crippen LogP contribution is 2.18. The predicted molar refractivity (Wildman–Crippen MR) is 50.2 cm³/mol. The Balaban J connectivity index is 4.13. The molecule has 12 heavy (non-hydrogen) atoms. The van der Waals surface area contributed by atoms with Crippen molar-refractivity contribution in [2.24, 2.45) is 0 Å². The molecule has 0 heterocycles. The van der Waals surface area contributed by atoms with E-state index in [1.165, 1.54) is 0 Å².